The Morgan fingerprint density at radius 1 is 1.14 bits per heavy atom. The molecule has 142 valence electrons. The van der Waals surface area contributed by atoms with Gasteiger partial charge in [-0.2, -0.15) is 5.10 Å². The second-order valence-electron chi connectivity index (χ2n) is 5.83. The highest BCUT2D eigenvalue weighted by atomic mass is 35.5. The minimum atomic E-state index is -0.655. The molecular formula is C19H15ClN4O4. The standard InChI is InChI=1S/C19H15ClN4O4/c20-15-7-6-14(12-17(15)24(27)28)19(26)21-10-11-23-18(25)9-8-16(22-23)13-4-2-1-3-5-13/h1-9,12H,10-11H2,(H,21,26). The van der Waals surface area contributed by atoms with Crippen LogP contribution in [0.4, 0.5) is 5.69 Å². The summed E-state index contributed by atoms with van der Waals surface area (Å²) < 4.78 is 1.26. The molecule has 0 aliphatic carbocycles. The van der Waals surface area contributed by atoms with Gasteiger partial charge in [-0.1, -0.05) is 41.9 Å². The quantitative estimate of drug-likeness (QED) is 0.507. The van der Waals surface area contributed by atoms with Crippen LogP contribution in [-0.4, -0.2) is 27.2 Å². The highest BCUT2D eigenvalue weighted by Crippen LogP contribution is 2.24. The van der Waals surface area contributed by atoms with Crippen molar-refractivity contribution in [1.29, 1.82) is 0 Å². The maximum Gasteiger partial charge on any atom is 0.288 e. The second kappa shape index (κ2) is 8.45. The van der Waals surface area contributed by atoms with E-state index in [1.54, 1.807) is 6.07 Å². The van der Waals surface area contributed by atoms with Crippen molar-refractivity contribution < 1.29 is 9.72 Å². The van der Waals surface area contributed by atoms with Gasteiger partial charge in [-0.05, 0) is 18.2 Å². The van der Waals surface area contributed by atoms with E-state index < -0.39 is 10.8 Å². The van der Waals surface area contributed by atoms with Crippen molar-refractivity contribution in [2.24, 2.45) is 0 Å². The van der Waals surface area contributed by atoms with Crippen LogP contribution in [0.25, 0.3) is 11.3 Å². The lowest BCUT2D eigenvalue weighted by molar-refractivity contribution is -0.384. The number of nitro groups is 1. The Balaban J connectivity index is 1.68. The van der Waals surface area contributed by atoms with Crippen LogP contribution in [0.2, 0.25) is 5.02 Å². The summed E-state index contributed by atoms with van der Waals surface area (Å²) in [7, 11) is 0. The third-order valence-electron chi connectivity index (χ3n) is 3.95. The predicted molar refractivity (Wildman–Crippen MR) is 104 cm³/mol. The highest BCUT2D eigenvalue weighted by molar-refractivity contribution is 6.32. The summed E-state index contributed by atoms with van der Waals surface area (Å²) in [4.78, 5) is 34.5. The van der Waals surface area contributed by atoms with E-state index in [-0.39, 0.29) is 34.9 Å². The number of amides is 1. The lowest BCUT2D eigenvalue weighted by Gasteiger charge is -2.09. The third kappa shape index (κ3) is 4.41. The molecule has 0 radical (unpaired) electrons. The molecule has 0 aliphatic heterocycles. The molecule has 0 unspecified atom stereocenters. The fourth-order valence-corrected chi connectivity index (χ4v) is 2.73. The summed E-state index contributed by atoms with van der Waals surface area (Å²) in [6.07, 6.45) is 0. The van der Waals surface area contributed by atoms with E-state index in [0.717, 1.165) is 11.6 Å². The number of benzene rings is 2. The second-order valence-corrected chi connectivity index (χ2v) is 6.23. The van der Waals surface area contributed by atoms with Gasteiger partial charge >= 0.3 is 0 Å². The van der Waals surface area contributed by atoms with Crippen LogP contribution < -0.4 is 10.9 Å². The number of nitrogens with one attached hydrogen (secondary N) is 1. The van der Waals surface area contributed by atoms with Crippen LogP contribution in [0.3, 0.4) is 0 Å². The Kier molecular flexibility index (Phi) is 5.81. The van der Waals surface area contributed by atoms with Gasteiger partial charge < -0.3 is 5.32 Å². The SMILES string of the molecule is O=C(NCCn1nc(-c2ccccc2)ccc1=O)c1ccc(Cl)c([N+](=O)[O-])c1. The molecule has 8 nitrogen and oxygen atoms in total. The first-order valence-electron chi connectivity index (χ1n) is 8.31. The van der Waals surface area contributed by atoms with E-state index in [2.05, 4.69) is 10.4 Å². The zero-order valence-electron chi connectivity index (χ0n) is 14.5. The van der Waals surface area contributed by atoms with Gasteiger partial charge in [0.25, 0.3) is 17.2 Å². The molecule has 28 heavy (non-hydrogen) atoms. The van der Waals surface area contributed by atoms with E-state index in [0.29, 0.717) is 5.69 Å². The molecule has 0 atom stereocenters. The molecule has 3 aromatic rings. The van der Waals surface area contributed by atoms with Crippen LogP contribution in [0.15, 0.2) is 65.5 Å². The predicted octanol–water partition coefficient (Wildman–Crippen LogP) is 2.90. The molecule has 1 aromatic heterocycles. The van der Waals surface area contributed by atoms with E-state index in [9.17, 15) is 19.7 Å². The van der Waals surface area contributed by atoms with E-state index >= 15 is 0 Å². The minimum Gasteiger partial charge on any atom is -0.350 e. The molecule has 0 fully saturated rings. The van der Waals surface area contributed by atoms with Crippen molar-refractivity contribution in [1.82, 2.24) is 15.1 Å². The Labute approximate surface area is 164 Å². The van der Waals surface area contributed by atoms with Gasteiger partial charge in [-0.25, -0.2) is 4.68 Å². The normalized spacial score (nSPS) is 10.5. The average Bonchev–Trinajstić information content (AvgIpc) is 2.70. The smallest absolute Gasteiger partial charge is 0.288 e. The Morgan fingerprint density at radius 3 is 2.61 bits per heavy atom. The topological polar surface area (TPSA) is 107 Å². The first-order valence-corrected chi connectivity index (χ1v) is 8.69. The Morgan fingerprint density at radius 2 is 1.89 bits per heavy atom. The van der Waals surface area contributed by atoms with Gasteiger partial charge in [0.1, 0.15) is 5.02 Å². The van der Waals surface area contributed by atoms with Crippen molar-refractivity contribution in [2.75, 3.05) is 6.54 Å². The monoisotopic (exact) mass is 398 g/mol. The van der Waals surface area contributed by atoms with Crippen LogP contribution >= 0.6 is 11.6 Å². The van der Waals surface area contributed by atoms with Gasteiger partial charge in [-0.15, -0.1) is 0 Å². The first-order chi connectivity index (χ1) is 13.5. The lowest BCUT2D eigenvalue weighted by Crippen LogP contribution is -2.32. The molecule has 1 heterocycles. The summed E-state index contributed by atoms with van der Waals surface area (Å²) in [6.45, 7) is 0.279. The van der Waals surface area contributed by atoms with Crippen molar-refractivity contribution in [3.8, 4) is 11.3 Å². The average molecular weight is 399 g/mol. The molecule has 0 spiro atoms. The zero-order chi connectivity index (χ0) is 20.1. The molecule has 0 bridgehead atoms. The summed E-state index contributed by atoms with van der Waals surface area (Å²) in [5.41, 5.74) is 0.974. The molecule has 9 heteroatoms. The minimum absolute atomic E-state index is 0.0463. The number of carbonyl (C=O) groups excluding carboxylic acids is 1. The molecule has 0 saturated carbocycles. The largest absolute Gasteiger partial charge is 0.350 e. The number of halogens is 1. The van der Waals surface area contributed by atoms with Crippen LogP contribution in [0.5, 0.6) is 0 Å². The Hall–Kier alpha value is -3.52. The molecule has 0 aliphatic rings. The number of carbonyl (C=O) groups is 1. The lowest BCUT2D eigenvalue weighted by atomic mass is 10.1. The zero-order valence-corrected chi connectivity index (χ0v) is 15.3. The highest BCUT2D eigenvalue weighted by Gasteiger charge is 2.16. The fraction of sp³-hybridized carbons (Fsp3) is 0.105. The number of rotatable bonds is 6. The maximum absolute atomic E-state index is 12.2. The van der Waals surface area contributed by atoms with Crippen molar-refractivity contribution >= 4 is 23.2 Å². The number of hydrogen-bond donors (Lipinski definition) is 1. The third-order valence-corrected chi connectivity index (χ3v) is 4.27. The van der Waals surface area contributed by atoms with Crippen molar-refractivity contribution in [3.63, 3.8) is 0 Å². The molecule has 1 N–H and O–H groups in total. The van der Waals surface area contributed by atoms with Gasteiger partial charge in [0.05, 0.1) is 17.2 Å². The van der Waals surface area contributed by atoms with Crippen LogP contribution in [-0.2, 0) is 6.54 Å². The number of nitrogens with zero attached hydrogens (tertiary/aromatic N) is 3. The van der Waals surface area contributed by atoms with Crippen molar-refractivity contribution in [3.05, 3.63) is 91.7 Å². The van der Waals surface area contributed by atoms with E-state index in [4.69, 9.17) is 11.6 Å². The summed E-state index contributed by atoms with van der Waals surface area (Å²) in [6, 6.07) is 16.2. The molecule has 0 saturated heterocycles. The summed E-state index contributed by atoms with van der Waals surface area (Å²) in [5.74, 6) is -0.507. The van der Waals surface area contributed by atoms with Gasteiger partial charge in [0.2, 0.25) is 0 Å². The summed E-state index contributed by atoms with van der Waals surface area (Å²) in [5, 5.41) is 17.8. The molecular weight excluding hydrogens is 384 g/mol. The first kappa shape index (κ1) is 19.2. The number of aromatic nitrogens is 2. The molecule has 1 amide bonds. The fourth-order valence-electron chi connectivity index (χ4n) is 2.54. The molecule has 3 rings (SSSR count). The molecule has 2 aromatic carbocycles. The number of nitro benzene ring substituents is 1. The van der Waals surface area contributed by atoms with Crippen LogP contribution in [0, 0.1) is 10.1 Å². The van der Waals surface area contributed by atoms with Gasteiger partial charge in [0.15, 0.2) is 0 Å². The maximum atomic E-state index is 12.2. The number of hydrogen-bond acceptors (Lipinski definition) is 5. The van der Waals surface area contributed by atoms with Gasteiger partial charge in [-0.3, -0.25) is 19.7 Å². The summed E-state index contributed by atoms with van der Waals surface area (Å²) >= 11 is 5.74. The van der Waals surface area contributed by atoms with Crippen molar-refractivity contribution in [2.45, 2.75) is 6.54 Å². The van der Waals surface area contributed by atoms with Gasteiger partial charge in [0, 0.05) is 29.8 Å². The van der Waals surface area contributed by atoms with E-state index in [1.165, 1.54) is 22.9 Å². The Bertz CT molecular complexity index is 1080. The van der Waals surface area contributed by atoms with E-state index in [1.807, 2.05) is 30.3 Å². The van der Waals surface area contributed by atoms with Crippen LogP contribution in [0.1, 0.15) is 10.4 Å².